The van der Waals surface area contributed by atoms with Gasteiger partial charge in [-0.25, -0.2) is 4.79 Å². The van der Waals surface area contributed by atoms with E-state index in [9.17, 15) is 19.5 Å². The van der Waals surface area contributed by atoms with Crippen molar-refractivity contribution in [3.05, 3.63) is 106 Å². The molecule has 0 fully saturated rings. The number of rotatable bonds is 11. The van der Waals surface area contributed by atoms with Gasteiger partial charge in [0.1, 0.15) is 11.6 Å². The van der Waals surface area contributed by atoms with Crippen molar-refractivity contribution < 1.29 is 14.7 Å². The summed E-state index contributed by atoms with van der Waals surface area (Å²) in [4.78, 5) is 37.9. The van der Waals surface area contributed by atoms with Gasteiger partial charge < -0.3 is 25.6 Å². The first-order valence-electron chi connectivity index (χ1n) is 10.7. The van der Waals surface area contributed by atoms with Gasteiger partial charge in [0, 0.05) is 12.9 Å². The Balaban J connectivity index is 1.92. The fourth-order valence-electron chi connectivity index (χ4n) is 3.62. The van der Waals surface area contributed by atoms with E-state index in [4.69, 9.17) is 0 Å². The molecule has 0 bridgehead atoms. The molecule has 0 saturated heterocycles. The second-order valence-electron chi connectivity index (χ2n) is 7.54. The molecule has 0 aliphatic carbocycles. The lowest BCUT2D eigenvalue weighted by molar-refractivity contribution is -0.139. The van der Waals surface area contributed by atoms with Gasteiger partial charge in [0.2, 0.25) is 0 Å². The molecule has 8 nitrogen and oxygen atoms in total. The second-order valence-corrected chi connectivity index (χ2v) is 7.54. The normalized spacial score (nSPS) is 11.8. The van der Waals surface area contributed by atoms with Crippen molar-refractivity contribution in [3.8, 4) is 0 Å². The highest BCUT2D eigenvalue weighted by molar-refractivity contribution is 5.96. The maximum Gasteiger partial charge on any atom is 0.326 e. The molecule has 33 heavy (non-hydrogen) atoms. The summed E-state index contributed by atoms with van der Waals surface area (Å²) in [6, 6.07) is 20.6. The molecular weight excluding hydrogens is 420 g/mol. The Morgan fingerprint density at radius 2 is 1.55 bits per heavy atom. The predicted octanol–water partition coefficient (Wildman–Crippen LogP) is 1.83. The van der Waals surface area contributed by atoms with Gasteiger partial charge in [-0.3, -0.25) is 9.59 Å². The number of hydrogen-bond acceptors (Lipinski definition) is 5. The van der Waals surface area contributed by atoms with Gasteiger partial charge in [0.25, 0.3) is 11.5 Å². The number of benzene rings is 2. The maximum absolute atomic E-state index is 13.4. The van der Waals surface area contributed by atoms with Crippen molar-refractivity contribution in [1.82, 2.24) is 20.5 Å². The van der Waals surface area contributed by atoms with E-state index in [1.54, 1.807) is 19.3 Å². The molecule has 0 radical (unpaired) electrons. The smallest absolute Gasteiger partial charge is 0.326 e. The van der Waals surface area contributed by atoms with E-state index >= 15 is 0 Å². The van der Waals surface area contributed by atoms with Gasteiger partial charge in [-0.2, -0.15) is 0 Å². The van der Waals surface area contributed by atoms with Gasteiger partial charge in [-0.1, -0.05) is 60.7 Å². The Morgan fingerprint density at radius 3 is 2.09 bits per heavy atom. The number of amides is 1. The van der Waals surface area contributed by atoms with Crippen LogP contribution in [0.5, 0.6) is 0 Å². The summed E-state index contributed by atoms with van der Waals surface area (Å²) >= 11 is 0. The highest BCUT2D eigenvalue weighted by Crippen LogP contribution is 2.25. The Bertz CT molecular complexity index is 1080. The first-order chi connectivity index (χ1) is 16.0. The Kier molecular flexibility index (Phi) is 8.51. The van der Waals surface area contributed by atoms with E-state index in [1.165, 1.54) is 10.6 Å². The number of aromatic nitrogens is 1. The fraction of sp³-hybridized carbons (Fsp3) is 0.240. The largest absolute Gasteiger partial charge is 0.480 e. The number of aliphatic carboxylic acids is 1. The summed E-state index contributed by atoms with van der Waals surface area (Å²) in [5, 5.41) is 17.9. The number of hydrogen-bond donors (Lipinski definition) is 4. The van der Waals surface area contributed by atoms with Crippen molar-refractivity contribution in [1.29, 1.82) is 0 Å². The average molecular weight is 449 g/mol. The van der Waals surface area contributed by atoms with E-state index in [0.29, 0.717) is 13.2 Å². The molecule has 172 valence electrons. The number of carbonyl (C=O) groups excluding carboxylic acids is 1. The van der Waals surface area contributed by atoms with Gasteiger partial charge in [0.15, 0.2) is 0 Å². The van der Waals surface area contributed by atoms with Crippen LogP contribution in [0.25, 0.3) is 0 Å². The summed E-state index contributed by atoms with van der Waals surface area (Å²) in [5.41, 5.74) is 1.18. The van der Waals surface area contributed by atoms with Crippen molar-refractivity contribution in [3.63, 3.8) is 0 Å². The van der Waals surface area contributed by atoms with Gasteiger partial charge in [-0.05, 0) is 43.3 Å². The maximum atomic E-state index is 13.4. The fourth-order valence-corrected chi connectivity index (χ4v) is 3.62. The molecule has 0 unspecified atom stereocenters. The topological polar surface area (TPSA) is 112 Å². The number of carboxylic acid groups (broad SMARTS) is 1. The molecule has 0 aliphatic rings. The lowest BCUT2D eigenvalue weighted by Gasteiger charge is -2.22. The quantitative estimate of drug-likeness (QED) is 0.263. The first-order valence-corrected chi connectivity index (χ1v) is 10.7. The number of carboxylic acids is 1. The highest BCUT2D eigenvalue weighted by atomic mass is 16.4. The lowest BCUT2D eigenvalue weighted by atomic mass is 9.98. The van der Waals surface area contributed by atoms with Crippen LogP contribution in [-0.2, 0) is 4.79 Å². The molecule has 1 atom stereocenters. The third kappa shape index (κ3) is 6.15. The monoisotopic (exact) mass is 448 g/mol. The standard InChI is InChI=1S/C25H28N4O4/c1-26-17-27-15-14-21(25(32)33)28-23(30)20-13-8-16-29(24(20)31)22(18-9-4-2-5-10-18)19-11-6-3-7-12-19/h2-13,16,21-22,26-27H,14-15,17H2,1H3,(H,28,30)(H,32,33)/t21-/m0/s1. The molecule has 0 spiro atoms. The van der Waals surface area contributed by atoms with Crippen LogP contribution in [0, 0.1) is 0 Å². The van der Waals surface area contributed by atoms with Crippen LogP contribution >= 0.6 is 0 Å². The van der Waals surface area contributed by atoms with Crippen molar-refractivity contribution >= 4 is 11.9 Å². The van der Waals surface area contributed by atoms with Gasteiger partial charge in [0.05, 0.1) is 6.04 Å². The zero-order valence-electron chi connectivity index (χ0n) is 18.4. The Hall–Kier alpha value is -3.75. The zero-order valence-corrected chi connectivity index (χ0v) is 18.4. The minimum absolute atomic E-state index is 0.108. The Morgan fingerprint density at radius 1 is 0.939 bits per heavy atom. The third-order valence-corrected chi connectivity index (χ3v) is 5.24. The summed E-state index contributed by atoms with van der Waals surface area (Å²) in [7, 11) is 1.77. The summed E-state index contributed by atoms with van der Waals surface area (Å²) in [6.07, 6.45) is 1.82. The SMILES string of the molecule is CNCNCC[C@H](NC(=O)c1cccn(C(c2ccccc2)c2ccccc2)c1=O)C(=O)O. The first kappa shape index (κ1) is 23.9. The van der Waals surface area contributed by atoms with Gasteiger partial charge >= 0.3 is 5.97 Å². The minimum Gasteiger partial charge on any atom is -0.480 e. The molecule has 1 amide bonds. The average Bonchev–Trinajstić information content (AvgIpc) is 2.83. The Labute approximate surface area is 192 Å². The summed E-state index contributed by atoms with van der Waals surface area (Å²) in [6.45, 7) is 0.908. The zero-order chi connectivity index (χ0) is 23.6. The second kappa shape index (κ2) is 11.8. The molecule has 1 heterocycles. The number of carbonyl (C=O) groups is 2. The van der Waals surface area contributed by atoms with E-state index in [2.05, 4.69) is 16.0 Å². The molecule has 3 aromatic rings. The van der Waals surface area contributed by atoms with Crippen LogP contribution in [0.4, 0.5) is 0 Å². The van der Waals surface area contributed by atoms with Crippen molar-refractivity contribution in [2.75, 3.05) is 20.3 Å². The molecule has 3 rings (SSSR count). The van der Waals surface area contributed by atoms with E-state index in [-0.39, 0.29) is 12.0 Å². The molecule has 0 aliphatic heterocycles. The van der Waals surface area contributed by atoms with E-state index < -0.39 is 29.5 Å². The molecule has 4 N–H and O–H groups in total. The van der Waals surface area contributed by atoms with E-state index in [0.717, 1.165) is 11.1 Å². The molecular formula is C25H28N4O4. The van der Waals surface area contributed by atoms with Crippen LogP contribution < -0.4 is 21.5 Å². The molecule has 8 heteroatoms. The molecule has 1 aromatic heterocycles. The molecule has 2 aromatic carbocycles. The highest BCUT2D eigenvalue weighted by Gasteiger charge is 2.24. The van der Waals surface area contributed by atoms with Crippen LogP contribution in [0.2, 0.25) is 0 Å². The van der Waals surface area contributed by atoms with Gasteiger partial charge in [-0.15, -0.1) is 0 Å². The van der Waals surface area contributed by atoms with Crippen LogP contribution in [-0.4, -0.2) is 47.9 Å². The van der Waals surface area contributed by atoms with Crippen molar-refractivity contribution in [2.24, 2.45) is 0 Å². The summed E-state index contributed by atoms with van der Waals surface area (Å²) in [5.74, 6) is -1.87. The summed E-state index contributed by atoms with van der Waals surface area (Å²) < 4.78 is 1.50. The molecule has 0 saturated carbocycles. The van der Waals surface area contributed by atoms with Crippen molar-refractivity contribution in [2.45, 2.75) is 18.5 Å². The number of nitrogens with zero attached hydrogens (tertiary/aromatic N) is 1. The van der Waals surface area contributed by atoms with Crippen LogP contribution in [0.15, 0.2) is 83.8 Å². The minimum atomic E-state index is -1.16. The number of nitrogens with one attached hydrogen (secondary N) is 3. The lowest BCUT2D eigenvalue weighted by Crippen LogP contribution is -2.45. The van der Waals surface area contributed by atoms with Crippen LogP contribution in [0.1, 0.15) is 33.9 Å². The third-order valence-electron chi connectivity index (χ3n) is 5.24. The number of pyridine rings is 1. The van der Waals surface area contributed by atoms with E-state index in [1.807, 2.05) is 60.7 Å². The van der Waals surface area contributed by atoms with Crippen LogP contribution in [0.3, 0.4) is 0 Å². The predicted molar refractivity (Wildman–Crippen MR) is 126 cm³/mol.